The number of nitrogens with zero attached hydrogens (tertiary/aromatic N) is 1. The number of cyclic esters (lactones) is 1. The van der Waals surface area contributed by atoms with Crippen LogP contribution >= 0.6 is 11.3 Å². The van der Waals surface area contributed by atoms with Gasteiger partial charge >= 0.3 is 5.97 Å². The monoisotopic (exact) mass is 505 g/mol. The van der Waals surface area contributed by atoms with Crippen LogP contribution in [0.3, 0.4) is 0 Å². The average Bonchev–Trinajstić information content (AvgIpc) is 3.35. The Morgan fingerprint density at radius 1 is 1.20 bits per heavy atom. The Kier molecular flexibility index (Phi) is 8.73. The lowest BCUT2D eigenvalue weighted by atomic mass is 9.73. The van der Waals surface area contributed by atoms with Gasteiger partial charge in [-0.1, -0.05) is 33.8 Å². The molecule has 2 N–H and O–H groups in total. The highest BCUT2D eigenvalue weighted by Crippen LogP contribution is 2.38. The smallest absolute Gasteiger partial charge is 0.309 e. The molecule has 3 rings (SSSR count). The number of rotatable bonds is 2. The van der Waals surface area contributed by atoms with Crippen LogP contribution in [0.5, 0.6) is 0 Å². The Morgan fingerprint density at radius 2 is 1.89 bits per heavy atom. The number of esters is 1. The van der Waals surface area contributed by atoms with Crippen molar-refractivity contribution in [2.75, 3.05) is 0 Å². The topological polar surface area (TPSA) is 106 Å². The van der Waals surface area contributed by atoms with E-state index in [0.717, 1.165) is 28.3 Å². The summed E-state index contributed by atoms with van der Waals surface area (Å²) in [5.74, 6) is -1.06. The fourth-order valence-electron chi connectivity index (χ4n) is 5.02. The number of aryl methyl sites for hydroxylation is 1. The molecule has 1 fully saturated rings. The number of aromatic nitrogens is 1. The molecule has 0 radical (unpaired) electrons. The third-order valence-electron chi connectivity index (χ3n) is 7.44. The zero-order valence-corrected chi connectivity index (χ0v) is 22.6. The van der Waals surface area contributed by atoms with Gasteiger partial charge in [0, 0.05) is 17.7 Å². The number of fused-ring (bicyclic) bond motifs is 2. The third kappa shape index (κ3) is 6.47. The van der Waals surface area contributed by atoms with Gasteiger partial charge in [0.2, 0.25) is 0 Å². The summed E-state index contributed by atoms with van der Waals surface area (Å²) in [7, 11) is 0. The van der Waals surface area contributed by atoms with Gasteiger partial charge in [-0.3, -0.25) is 9.59 Å². The van der Waals surface area contributed by atoms with Gasteiger partial charge in [0.05, 0.1) is 47.0 Å². The molecule has 0 spiro atoms. The molecule has 1 aromatic heterocycles. The summed E-state index contributed by atoms with van der Waals surface area (Å²) in [5.41, 5.74) is 1.09. The molecule has 0 saturated carbocycles. The van der Waals surface area contributed by atoms with Crippen LogP contribution in [0, 0.1) is 24.2 Å². The first-order valence-electron chi connectivity index (χ1n) is 12.3. The standard InChI is InChI=1S/C27H39NO6S/c1-14-9-20-10-16(3)25(33-20)17(4)26(32)27(6,7)23(30)12-24(31)34-22(11-21(14)29)15(2)8-19-13-35-18(5)28-19/h8-9,13,16-17,20-23,25,29-30H,10-12H2,1-7H3/b14-9?,15-8+/t16-,17+,20?,21-,22-,23-,25-/m0/s1. The van der Waals surface area contributed by atoms with Gasteiger partial charge in [-0.25, -0.2) is 4.98 Å². The summed E-state index contributed by atoms with van der Waals surface area (Å²) in [4.78, 5) is 30.7. The second-order valence-corrected chi connectivity index (χ2v) is 11.8. The largest absolute Gasteiger partial charge is 0.458 e. The molecule has 7 atom stereocenters. The number of aliphatic hydroxyl groups excluding tert-OH is 2. The summed E-state index contributed by atoms with van der Waals surface area (Å²) < 4.78 is 12.0. The number of ether oxygens (including phenoxy) is 2. The van der Waals surface area contributed by atoms with Crippen molar-refractivity contribution in [1.29, 1.82) is 0 Å². The molecule has 194 valence electrons. The summed E-state index contributed by atoms with van der Waals surface area (Å²) >= 11 is 1.53. The lowest BCUT2D eigenvalue weighted by molar-refractivity contribution is -0.155. The Hall–Kier alpha value is -1.87. The van der Waals surface area contributed by atoms with Crippen LogP contribution in [0.4, 0.5) is 0 Å². The summed E-state index contributed by atoms with van der Waals surface area (Å²) in [5, 5.41) is 24.7. The maximum absolute atomic E-state index is 13.4. The predicted octanol–water partition coefficient (Wildman–Crippen LogP) is 4.25. The molecule has 2 bridgehead atoms. The molecule has 1 aromatic rings. The Bertz CT molecular complexity index is 996. The number of aliphatic hydroxyl groups is 2. The predicted molar refractivity (Wildman–Crippen MR) is 136 cm³/mol. The minimum Gasteiger partial charge on any atom is -0.458 e. The van der Waals surface area contributed by atoms with Crippen molar-refractivity contribution >= 4 is 29.2 Å². The van der Waals surface area contributed by atoms with Crippen molar-refractivity contribution < 1.29 is 29.3 Å². The average molecular weight is 506 g/mol. The normalized spacial score (nSPS) is 35.2. The number of hydrogen-bond acceptors (Lipinski definition) is 8. The summed E-state index contributed by atoms with van der Waals surface area (Å²) in [6.07, 6.45) is 1.07. The maximum Gasteiger partial charge on any atom is 0.309 e. The fourth-order valence-corrected chi connectivity index (χ4v) is 5.59. The highest BCUT2D eigenvalue weighted by molar-refractivity contribution is 7.09. The van der Waals surface area contributed by atoms with E-state index in [1.54, 1.807) is 13.8 Å². The van der Waals surface area contributed by atoms with Gasteiger partial charge in [-0.15, -0.1) is 11.3 Å². The van der Waals surface area contributed by atoms with Crippen LogP contribution in [0.2, 0.25) is 0 Å². The minimum atomic E-state index is -1.21. The summed E-state index contributed by atoms with van der Waals surface area (Å²) in [6, 6.07) is 0. The van der Waals surface area contributed by atoms with Crippen molar-refractivity contribution in [3.63, 3.8) is 0 Å². The highest BCUT2D eigenvalue weighted by atomic mass is 32.1. The molecule has 3 heterocycles. The number of carbonyl (C=O) groups excluding carboxylic acids is 2. The van der Waals surface area contributed by atoms with E-state index in [1.165, 1.54) is 11.3 Å². The van der Waals surface area contributed by atoms with Crippen molar-refractivity contribution in [3.8, 4) is 0 Å². The molecule has 2 aliphatic heterocycles. The van der Waals surface area contributed by atoms with Crippen LogP contribution in [-0.2, 0) is 19.1 Å². The zero-order chi connectivity index (χ0) is 26.1. The van der Waals surface area contributed by atoms with Crippen LogP contribution in [0.15, 0.2) is 22.6 Å². The van der Waals surface area contributed by atoms with Gasteiger partial charge < -0.3 is 19.7 Å². The molecule has 0 aromatic carbocycles. The van der Waals surface area contributed by atoms with E-state index in [9.17, 15) is 19.8 Å². The molecule has 1 saturated heterocycles. The van der Waals surface area contributed by atoms with Gasteiger partial charge in [-0.2, -0.15) is 0 Å². The van der Waals surface area contributed by atoms with E-state index in [1.807, 2.05) is 45.2 Å². The molecule has 2 aliphatic rings. The van der Waals surface area contributed by atoms with E-state index >= 15 is 0 Å². The Labute approximate surface area is 212 Å². The van der Waals surface area contributed by atoms with E-state index in [2.05, 4.69) is 11.9 Å². The molecule has 0 aliphatic carbocycles. The van der Waals surface area contributed by atoms with E-state index in [0.29, 0.717) is 0 Å². The quantitative estimate of drug-likeness (QED) is 0.457. The third-order valence-corrected chi connectivity index (χ3v) is 8.23. The maximum atomic E-state index is 13.4. The number of carbonyl (C=O) groups is 2. The SMILES string of the molecule is CC1=CC2C[C@H](C)[C@H](O2)[C@@H](C)C(=O)C(C)(C)[C@@H](O)CC(=O)O[C@H](/C(C)=C/c2csc(C)n2)C[C@@H]1O. The molecular weight excluding hydrogens is 466 g/mol. The summed E-state index contributed by atoms with van der Waals surface area (Å²) in [6.45, 7) is 12.8. The first-order chi connectivity index (χ1) is 16.3. The van der Waals surface area contributed by atoms with Crippen molar-refractivity contribution in [3.05, 3.63) is 33.3 Å². The molecule has 8 heteroatoms. The molecule has 35 heavy (non-hydrogen) atoms. The van der Waals surface area contributed by atoms with Gasteiger partial charge in [0.1, 0.15) is 11.9 Å². The van der Waals surface area contributed by atoms with E-state index < -0.39 is 35.6 Å². The van der Waals surface area contributed by atoms with E-state index in [-0.39, 0.29) is 36.8 Å². The highest BCUT2D eigenvalue weighted by Gasteiger charge is 2.45. The Morgan fingerprint density at radius 3 is 2.51 bits per heavy atom. The lowest BCUT2D eigenvalue weighted by Crippen LogP contribution is -2.45. The molecule has 1 unspecified atom stereocenters. The zero-order valence-electron chi connectivity index (χ0n) is 21.8. The van der Waals surface area contributed by atoms with Gasteiger partial charge in [0.15, 0.2) is 0 Å². The van der Waals surface area contributed by atoms with Crippen LogP contribution in [0.25, 0.3) is 6.08 Å². The van der Waals surface area contributed by atoms with Crippen LogP contribution < -0.4 is 0 Å². The first kappa shape index (κ1) is 27.7. The molecule has 0 amide bonds. The van der Waals surface area contributed by atoms with Crippen molar-refractivity contribution in [1.82, 2.24) is 4.98 Å². The minimum absolute atomic E-state index is 0.141. The number of ketones is 1. The number of thiazole rings is 1. The number of hydrogen-bond donors (Lipinski definition) is 2. The van der Waals surface area contributed by atoms with Gasteiger partial charge in [0.25, 0.3) is 0 Å². The van der Waals surface area contributed by atoms with Crippen LogP contribution in [-0.4, -0.2) is 57.5 Å². The fraction of sp³-hybridized carbons (Fsp3) is 0.667. The molecule has 7 nitrogen and oxygen atoms in total. The van der Waals surface area contributed by atoms with Crippen molar-refractivity contribution in [2.24, 2.45) is 17.3 Å². The first-order valence-corrected chi connectivity index (χ1v) is 13.2. The molecular formula is C27H39NO6S. The Balaban J connectivity index is 1.95. The van der Waals surface area contributed by atoms with E-state index in [4.69, 9.17) is 9.47 Å². The lowest BCUT2D eigenvalue weighted by Gasteiger charge is -2.34. The van der Waals surface area contributed by atoms with Crippen LogP contribution in [0.1, 0.15) is 71.5 Å². The second-order valence-electron chi connectivity index (χ2n) is 10.8. The van der Waals surface area contributed by atoms with Gasteiger partial charge in [-0.05, 0) is 50.3 Å². The second kappa shape index (κ2) is 11.0. The number of Topliss-reactive ketones (excluding diaryl/α,β-unsaturated/α-hetero) is 1. The van der Waals surface area contributed by atoms with Crippen molar-refractivity contribution in [2.45, 2.75) is 98.2 Å².